The average Bonchev–Trinajstić information content (AvgIpc) is 3.64. The van der Waals surface area contributed by atoms with Gasteiger partial charge in [0.2, 0.25) is 0 Å². The first-order valence-electron chi connectivity index (χ1n) is 14.4. The van der Waals surface area contributed by atoms with Crippen molar-refractivity contribution in [1.82, 2.24) is 4.90 Å². The average molecular weight is 502 g/mol. The molecule has 4 saturated carbocycles. The molecule has 0 radical (unpaired) electrons. The fourth-order valence-electron chi connectivity index (χ4n) is 10.1. The van der Waals surface area contributed by atoms with E-state index in [9.17, 15) is 5.11 Å². The van der Waals surface area contributed by atoms with Gasteiger partial charge >= 0.3 is 0 Å². The lowest BCUT2D eigenvalue weighted by atomic mass is 9.32. The van der Waals surface area contributed by atoms with Crippen LogP contribution in [0.3, 0.4) is 0 Å². The number of phenolic OH excluding ortho intramolecular Hbond substituents is 1. The van der Waals surface area contributed by atoms with Crippen LogP contribution in [-0.4, -0.2) is 54.6 Å². The summed E-state index contributed by atoms with van der Waals surface area (Å²) in [7, 11) is 1.89. The van der Waals surface area contributed by atoms with Crippen LogP contribution in [0.2, 0.25) is 0 Å². The molecule has 5 heteroatoms. The number of nitrogens with zero attached hydrogens (tertiary/aromatic N) is 1. The summed E-state index contributed by atoms with van der Waals surface area (Å²) in [6.45, 7) is 6.03. The highest BCUT2D eigenvalue weighted by Gasteiger charge is 2.83. The van der Waals surface area contributed by atoms with E-state index in [1.54, 1.807) is 0 Å². The van der Waals surface area contributed by atoms with Gasteiger partial charge in [0, 0.05) is 41.5 Å². The lowest BCUT2D eigenvalue weighted by Gasteiger charge is -2.76. The summed E-state index contributed by atoms with van der Waals surface area (Å²) < 4.78 is 20.2. The number of hydrogen-bond acceptors (Lipinski definition) is 5. The number of rotatable bonds is 7. The lowest BCUT2D eigenvalue weighted by Crippen LogP contribution is -2.83. The number of ether oxygens (including phenoxy) is 3. The molecule has 2 aromatic rings. The molecule has 9 rings (SSSR count). The van der Waals surface area contributed by atoms with Gasteiger partial charge in [0.05, 0.1) is 13.2 Å². The van der Waals surface area contributed by atoms with E-state index in [0.717, 1.165) is 50.3 Å². The summed E-state index contributed by atoms with van der Waals surface area (Å²) in [4.78, 5) is 2.87. The molecule has 5 fully saturated rings. The van der Waals surface area contributed by atoms with E-state index in [-0.39, 0.29) is 22.3 Å². The van der Waals surface area contributed by atoms with E-state index in [1.807, 2.05) is 13.2 Å². The molecular weight excluding hydrogens is 462 g/mol. The molecule has 196 valence electrons. The van der Waals surface area contributed by atoms with Crippen molar-refractivity contribution in [2.45, 2.75) is 81.6 Å². The Bertz CT molecular complexity index is 1240. The van der Waals surface area contributed by atoms with E-state index >= 15 is 0 Å². The molecular formula is C32H39NO4. The molecule has 0 aromatic heterocycles. The molecule has 37 heavy (non-hydrogen) atoms. The molecule has 6 atom stereocenters. The number of hydrogen-bond donors (Lipinski definition) is 1. The Balaban J connectivity index is 1.25. The fourth-order valence-corrected chi connectivity index (χ4v) is 10.1. The van der Waals surface area contributed by atoms with E-state index in [1.165, 1.54) is 36.1 Å². The third kappa shape index (κ3) is 2.71. The van der Waals surface area contributed by atoms with Crippen molar-refractivity contribution < 1.29 is 19.3 Å². The number of benzene rings is 2. The van der Waals surface area contributed by atoms with Crippen LogP contribution >= 0.6 is 0 Å². The zero-order valence-corrected chi connectivity index (χ0v) is 22.2. The third-order valence-corrected chi connectivity index (χ3v) is 11.7. The third-order valence-electron chi connectivity index (χ3n) is 11.7. The number of methoxy groups -OCH3 is 1. The summed E-state index contributed by atoms with van der Waals surface area (Å²) >= 11 is 0. The van der Waals surface area contributed by atoms with Gasteiger partial charge in [0.25, 0.3) is 0 Å². The maximum absolute atomic E-state index is 11.0. The predicted octanol–water partition coefficient (Wildman–Crippen LogP) is 5.22. The molecule has 1 N–H and O–H groups in total. The van der Waals surface area contributed by atoms with Crippen LogP contribution in [-0.2, 0) is 27.9 Å². The van der Waals surface area contributed by atoms with Gasteiger partial charge in [-0.1, -0.05) is 43.3 Å². The van der Waals surface area contributed by atoms with Gasteiger partial charge in [-0.15, -0.1) is 0 Å². The molecule has 2 spiro atoms. The molecule has 0 amide bonds. The highest BCUT2D eigenvalue weighted by molar-refractivity contribution is 5.63. The summed E-state index contributed by atoms with van der Waals surface area (Å²) in [5, 5.41) is 11.0. The number of likely N-dealkylation sites (tertiary alicyclic amines) is 1. The van der Waals surface area contributed by atoms with Gasteiger partial charge in [-0.2, -0.15) is 0 Å². The highest BCUT2D eigenvalue weighted by Crippen LogP contribution is 2.79. The Hall–Kier alpha value is -2.08. The Morgan fingerprint density at radius 2 is 1.92 bits per heavy atom. The minimum atomic E-state index is -0.450. The molecule has 2 unspecified atom stereocenters. The van der Waals surface area contributed by atoms with Crippen molar-refractivity contribution in [3.63, 3.8) is 0 Å². The Morgan fingerprint density at radius 3 is 2.70 bits per heavy atom. The summed E-state index contributed by atoms with van der Waals surface area (Å²) in [5.74, 6) is 1.92. The predicted molar refractivity (Wildman–Crippen MR) is 141 cm³/mol. The van der Waals surface area contributed by atoms with Crippen LogP contribution < -0.4 is 4.74 Å². The number of aromatic hydroxyl groups is 1. The van der Waals surface area contributed by atoms with Crippen LogP contribution in [0.4, 0.5) is 0 Å². The zero-order valence-electron chi connectivity index (χ0n) is 22.2. The molecule has 5 nitrogen and oxygen atoms in total. The largest absolute Gasteiger partial charge is 0.504 e. The summed E-state index contributed by atoms with van der Waals surface area (Å²) in [6.07, 6.45) is 8.08. The van der Waals surface area contributed by atoms with Crippen molar-refractivity contribution in [3.8, 4) is 11.5 Å². The second-order valence-electron chi connectivity index (χ2n) is 13.3. The van der Waals surface area contributed by atoms with Gasteiger partial charge in [-0.05, 0) is 74.6 Å². The SMILES string of the molecule is COC12CC[C@@]3(C[C@]1(C)COCc1ccccc1)[C@H]1Cc4ccc(O)c5c4C3(CCN1CC1CC1)[C@H]2O5. The van der Waals surface area contributed by atoms with Crippen molar-refractivity contribution in [1.29, 1.82) is 0 Å². The maximum atomic E-state index is 11.0. The Kier molecular flexibility index (Phi) is 4.65. The summed E-state index contributed by atoms with van der Waals surface area (Å²) in [5.41, 5.74) is 3.32. The number of phenols is 1. The standard InChI is InChI=1S/C32H39NO4/c1-29(20-36-18-22-6-4-3-5-7-22)19-30-12-13-32(29,35-2)28-31(30)14-15-33(17-21-8-9-21)25(30)16-23-10-11-24(34)27(37-28)26(23)31/h3-7,10-11,21,25,28,34H,8-9,12-20H2,1-2H3/t25-,28-,29-,30-,31?,32?/m1/s1. The zero-order chi connectivity index (χ0) is 25.0. The van der Waals surface area contributed by atoms with Crippen LogP contribution in [0.25, 0.3) is 0 Å². The van der Waals surface area contributed by atoms with Crippen molar-refractivity contribution in [3.05, 3.63) is 59.2 Å². The topological polar surface area (TPSA) is 51.2 Å². The van der Waals surface area contributed by atoms with Crippen LogP contribution in [0.1, 0.15) is 62.1 Å². The smallest absolute Gasteiger partial charge is 0.165 e. The molecule has 4 bridgehead atoms. The van der Waals surface area contributed by atoms with E-state index in [2.05, 4.69) is 48.2 Å². The normalized spacial score (nSPS) is 40.9. The molecule has 2 heterocycles. The minimum Gasteiger partial charge on any atom is -0.504 e. The molecule has 2 aliphatic heterocycles. The van der Waals surface area contributed by atoms with Gasteiger partial charge in [-0.3, -0.25) is 4.90 Å². The number of piperidine rings is 1. The maximum Gasteiger partial charge on any atom is 0.165 e. The fraction of sp³-hybridized carbons (Fsp3) is 0.625. The van der Waals surface area contributed by atoms with E-state index in [4.69, 9.17) is 14.2 Å². The van der Waals surface area contributed by atoms with Crippen LogP contribution in [0, 0.1) is 16.7 Å². The lowest BCUT2D eigenvalue weighted by molar-refractivity contribution is -0.314. The van der Waals surface area contributed by atoms with Crippen molar-refractivity contribution >= 4 is 0 Å². The van der Waals surface area contributed by atoms with Crippen LogP contribution in [0.5, 0.6) is 11.5 Å². The molecule has 1 saturated heterocycles. The summed E-state index contributed by atoms with van der Waals surface area (Å²) in [6, 6.07) is 15.0. The first kappa shape index (κ1) is 22.9. The second-order valence-corrected chi connectivity index (χ2v) is 13.3. The van der Waals surface area contributed by atoms with E-state index in [0.29, 0.717) is 25.0 Å². The monoisotopic (exact) mass is 501 g/mol. The second kappa shape index (κ2) is 7.52. The molecule has 7 aliphatic rings. The minimum absolute atomic E-state index is 0.0907. The quantitative estimate of drug-likeness (QED) is 0.564. The molecule has 5 aliphatic carbocycles. The first-order chi connectivity index (χ1) is 18.0. The van der Waals surface area contributed by atoms with E-state index < -0.39 is 5.60 Å². The Labute approximate surface area is 220 Å². The first-order valence-corrected chi connectivity index (χ1v) is 14.4. The molecule has 2 aromatic carbocycles. The Morgan fingerprint density at radius 1 is 1.08 bits per heavy atom. The number of fused-ring (bicyclic) bond motifs is 2. The van der Waals surface area contributed by atoms with Crippen LogP contribution in [0.15, 0.2) is 42.5 Å². The van der Waals surface area contributed by atoms with Crippen molar-refractivity contribution in [2.24, 2.45) is 16.7 Å². The highest BCUT2D eigenvalue weighted by atomic mass is 16.6. The van der Waals surface area contributed by atoms with Gasteiger partial charge in [0.15, 0.2) is 11.5 Å². The van der Waals surface area contributed by atoms with Gasteiger partial charge in [-0.25, -0.2) is 0 Å². The van der Waals surface area contributed by atoms with Gasteiger partial charge in [0.1, 0.15) is 11.7 Å². The van der Waals surface area contributed by atoms with Crippen molar-refractivity contribution in [2.75, 3.05) is 26.8 Å². The van der Waals surface area contributed by atoms with Gasteiger partial charge < -0.3 is 19.3 Å².